The summed E-state index contributed by atoms with van der Waals surface area (Å²) >= 11 is 7.03. The van der Waals surface area contributed by atoms with Crippen molar-refractivity contribution in [2.75, 3.05) is 25.5 Å². The maximum atomic E-state index is 7.03. The van der Waals surface area contributed by atoms with Gasteiger partial charge in [0, 0.05) is 23.9 Å². The molecule has 0 aromatic heterocycles. The molecule has 0 aliphatic carbocycles. The van der Waals surface area contributed by atoms with E-state index in [4.69, 9.17) is 11.6 Å². The molecule has 0 bridgehead atoms. The topological polar surface area (TPSA) is 6.25 Å². The summed E-state index contributed by atoms with van der Waals surface area (Å²) in [5.74, 6) is 1.80. The van der Waals surface area contributed by atoms with Crippen molar-refractivity contribution < 1.29 is 4.58 Å². The highest BCUT2D eigenvalue weighted by atomic mass is 35.5. The lowest BCUT2D eigenvalue weighted by atomic mass is 9.92. The molecule has 2 aromatic rings. The molecule has 0 aliphatic heterocycles. The van der Waals surface area contributed by atoms with Gasteiger partial charge in [0.05, 0.1) is 0 Å². The molecule has 0 unspecified atom stereocenters. The molecule has 0 atom stereocenters. The number of benzene rings is 2. The van der Waals surface area contributed by atoms with E-state index < -0.39 is 0 Å². The van der Waals surface area contributed by atoms with E-state index in [1.165, 1.54) is 33.6 Å². The van der Waals surface area contributed by atoms with E-state index in [0.29, 0.717) is 30.2 Å². The van der Waals surface area contributed by atoms with Gasteiger partial charge in [-0.3, -0.25) is 0 Å². The highest BCUT2D eigenvalue weighted by Gasteiger charge is 2.25. The first-order chi connectivity index (χ1) is 14.5. The lowest BCUT2D eigenvalue weighted by Gasteiger charge is -2.27. The predicted molar refractivity (Wildman–Crippen MR) is 139 cm³/mol. The quantitative estimate of drug-likeness (QED) is 0.295. The van der Waals surface area contributed by atoms with Gasteiger partial charge >= 0.3 is 0 Å². The highest BCUT2D eigenvalue weighted by Crippen LogP contribution is 2.36. The molecular weight excluding hydrogens is 400 g/mol. The van der Waals surface area contributed by atoms with Gasteiger partial charge in [0.1, 0.15) is 13.6 Å². The number of nitrogens with zero attached hydrogens (tertiary/aromatic N) is 2. The molecule has 31 heavy (non-hydrogen) atoms. The van der Waals surface area contributed by atoms with Gasteiger partial charge in [-0.15, -0.1) is 0 Å². The first-order valence-electron chi connectivity index (χ1n) is 11.7. The molecule has 3 heteroatoms. The van der Waals surface area contributed by atoms with Gasteiger partial charge < -0.3 is 4.90 Å². The fourth-order valence-electron chi connectivity index (χ4n) is 4.35. The summed E-state index contributed by atoms with van der Waals surface area (Å²) in [6.45, 7) is 18.8. The SMILES string of the molecule is CC(C)c1cccc(C(C)C)c1N(C)CC(Cl)=[N+](C)c1c(C(C)C)cccc1C(C)C. The molecule has 0 spiro atoms. The van der Waals surface area contributed by atoms with Gasteiger partial charge in [-0.25, -0.2) is 0 Å². The summed E-state index contributed by atoms with van der Waals surface area (Å²) in [7, 11) is 4.28. The summed E-state index contributed by atoms with van der Waals surface area (Å²) in [6, 6.07) is 13.3. The first-order valence-corrected chi connectivity index (χ1v) is 12.1. The van der Waals surface area contributed by atoms with Crippen molar-refractivity contribution in [1.82, 2.24) is 0 Å². The van der Waals surface area contributed by atoms with Crippen LogP contribution in [0, 0.1) is 0 Å². The number of rotatable bonds is 8. The Hall–Kier alpha value is -1.80. The lowest BCUT2D eigenvalue weighted by molar-refractivity contribution is -0.404. The molecule has 0 saturated heterocycles. The Kier molecular flexibility index (Phi) is 8.77. The van der Waals surface area contributed by atoms with Crippen LogP contribution in [0.25, 0.3) is 0 Å². The minimum atomic E-state index is 0.438. The Labute approximate surface area is 195 Å². The molecule has 170 valence electrons. The van der Waals surface area contributed by atoms with Gasteiger partial charge in [-0.1, -0.05) is 91.8 Å². The predicted octanol–water partition coefficient (Wildman–Crippen LogP) is 8.23. The van der Waals surface area contributed by atoms with Crippen LogP contribution >= 0.6 is 11.6 Å². The van der Waals surface area contributed by atoms with Crippen molar-refractivity contribution in [3.05, 3.63) is 58.7 Å². The minimum absolute atomic E-state index is 0.438. The van der Waals surface area contributed by atoms with Crippen LogP contribution < -0.4 is 4.90 Å². The second-order valence-electron chi connectivity index (χ2n) is 9.98. The third-order valence-electron chi connectivity index (χ3n) is 6.13. The Morgan fingerprint density at radius 3 is 1.45 bits per heavy atom. The van der Waals surface area contributed by atoms with E-state index in [1.54, 1.807) is 0 Å². The van der Waals surface area contributed by atoms with Crippen molar-refractivity contribution in [3.8, 4) is 0 Å². The smallest absolute Gasteiger partial charge is 0.270 e. The Balaban J connectivity index is 2.57. The van der Waals surface area contributed by atoms with Crippen LogP contribution in [0.3, 0.4) is 0 Å². The first kappa shape index (κ1) is 25.5. The highest BCUT2D eigenvalue weighted by molar-refractivity contribution is 6.64. The zero-order valence-electron chi connectivity index (χ0n) is 21.3. The van der Waals surface area contributed by atoms with Crippen molar-refractivity contribution in [3.63, 3.8) is 0 Å². The molecule has 0 fully saturated rings. The van der Waals surface area contributed by atoms with Crippen LogP contribution in [0.5, 0.6) is 0 Å². The van der Waals surface area contributed by atoms with Crippen molar-refractivity contribution in [2.24, 2.45) is 0 Å². The standard InChI is InChI=1S/C28H42ClN2/c1-18(2)22-13-11-14-23(19(3)4)27(22)30(9)17-26(29)31(10)28-24(20(5)6)15-12-16-25(28)21(7)8/h11-16,18-21H,17H2,1-10H3/q+1. The van der Waals surface area contributed by atoms with Gasteiger partial charge in [-0.05, 0) is 46.4 Å². The third-order valence-corrected chi connectivity index (χ3v) is 6.51. The summed E-state index contributed by atoms with van der Waals surface area (Å²) in [4.78, 5) is 2.33. The molecule has 2 rings (SSSR count). The van der Waals surface area contributed by atoms with E-state index >= 15 is 0 Å². The average molecular weight is 442 g/mol. The van der Waals surface area contributed by atoms with Crippen LogP contribution in [0.15, 0.2) is 36.4 Å². The van der Waals surface area contributed by atoms with Crippen LogP contribution in [0.4, 0.5) is 11.4 Å². The van der Waals surface area contributed by atoms with Crippen molar-refractivity contribution in [2.45, 2.75) is 79.1 Å². The average Bonchev–Trinajstić information content (AvgIpc) is 2.71. The van der Waals surface area contributed by atoms with Gasteiger partial charge in [0.25, 0.3) is 5.17 Å². The number of hydrogen-bond acceptors (Lipinski definition) is 1. The lowest BCUT2D eigenvalue weighted by Crippen LogP contribution is -2.29. The van der Waals surface area contributed by atoms with E-state index in [-0.39, 0.29) is 0 Å². The zero-order valence-corrected chi connectivity index (χ0v) is 22.0. The van der Waals surface area contributed by atoms with Gasteiger partial charge in [0.15, 0.2) is 0 Å². The monoisotopic (exact) mass is 441 g/mol. The molecule has 0 aliphatic rings. The molecule has 2 aromatic carbocycles. The maximum absolute atomic E-state index is 7.03. The van der Waals surface area contributed by atoms with Crippen LogP contribution in [-0.4, -0.2) is 30.4 Å². The largest absolute Gasteiger partial charge is 0.363 e. The number of hydrogen-bond donors (Lipinski definition) is 0. The number of para-hydroxylation sites is 2. The minimum Gasteiger partial charge on any atom is -0.363 e. The third kappa shape index (κ3) is 5.71. The summed E-state index contributed by atoms with van der Waals surface area (Å²) in [5.41, 5.74) is 8.03. The molecule has 0 heterocycles. The molecule has 0 saturated carbocycles. The van der Waals surface area contributed by atoms with E-state index in [9.17, 15) is 0 Å². The van der Waals surface area contributed by atoms with Gasteiger partial charge in [-0.2, -0.15) is 4.58 Å². The maximum Gasteiger partial charge on any atom is 0.270 e. The Bertz CT molecular complexity index is 870. The number of halogens is 1. The molecule has 0 N–H and O–H groups in total. The number of anilines is 1. The van der Waals surface area contributed by atoms with E-state index in [2.05, 4.69) is 115 Å². The fraction of sp³-hybridized carbons (Fsp3) is 0.536. The fourth-order valence-corrected chi connectivity index (χ4v) is 4.62. The van der Waals surface area contributed by atoms with Crippen LogP contribution in [0.1, 0.15) is 101 Å². The second kappa shape index (κ2) is 10.7. The Morgan fingerprint density at radius 2 is 1.10 bits per heavy atom. The van der Waals surface area contributed by atoms with Crippen molar-refractivity contribution >= 4 is 28.1 Å². The molecule has 0 amide bonds. The summed E-state index contributed by atoms with van der Waals surface area (Å²) < 4.78 is 2.20. The van der Waals surface area contributed by atoms with Crippen LogP contribution in [-0.2, 0) is 0 Å². The summed E-state index contributed by atoms with van der Waals surface area (Å²) in [6.07, 6.45) is 0. The molecule has 0 radical (unpaired) electrons. The Morgan fingerprint density at radius 1 is 0.742 bits per heavy atom. The molecule has 2 nitrogen and oxygen atoms in total. The van der Waals surface area contributed by atoms with Crippen molar-refractivity contribution in [1.29, 1.82) is 0 Å². The van der Waals surface area contributed by atoms with Crippen LogP contribution in [0.2, 0.25) is 0 Å². The molecular formula is C28H42ClN2+. The summed E-state index contributed by atoms with van der Waals surface area (Å²) in [5, 5.41) is 0.839. The van der Waals surface area contributed by atoms with E-state index in [1.807, 2.05) is 0 Å². The van der Waals surface area contributed by atoms with E-state index in [0.717, 1.165) is 5.17 Å². The normalized spacial score (nSPS) is 12.9. The second-order valence-corrected chi connectivity index (χ2v) is 10.4. The van der Waals surface area contributed by atoms with Gasteiger partial charge in [0.2, 0.25) is 5.69 Å². The zero-order chi connectivity index (χ0) is 23.5.